The molecule has 152 valence electrons. The van der Waals surface area contributed by atoms with E-state index in [9.17, 15) is 19.1 Å². The molecule has 1 amide bonds. The average Bonchev–Trinajstić information content (AvgIpc) is 2.58. The van der Waals surface area contributed by atoms with Crippen molar-refractivity contribution in [3.8, 4) is 0 Å². The fourth-order valence-electron chi connectivity index (χ4n) is 2.24. The third-order valence-corrected chi connectivity index (χ3v) is 3.80. The summed E-state index contributed by atoms with van der Waals surface area (Å²) in [5, 5.41) is 15.6. The summed E-state index contributed by atoms with van der Waals surface area (Å²) in [5.41, 5.74) is -0.215. The second-order valence-electron chi connectivity index (χ2n) is 7.06. The van der Waals surface area contributed by atoms with E-state index in [1.807, 2.05) is 0 Å². The number of halogens is 2. The van der Waals surface area contributed by atoms with Crippen LogP contribution in [0.5, 0.6) is 0 Å². The fraction of sp³-hybridized carbons (Fsp3) is 0.611. The molecule has 1 unspecified atom stereocenters. The van der Waals surface area contributed by atoms with Crippen molar-refractivity contribution in [1.82, 2.24) is 15.6 Å². The maximum atomic E-state index is 12.9. The standard InChI is InChI=1S/C18H27ClFN3O4/c1-18(2,3)27-17(26)21-9-5-4-6-13(14(24)10-19)23-16(25)12-7-8-15(20)22-11-12/h7-8,11,13,16,23,25H,4-6,9-10H2,1-3H3,(H,21,26)/t13-,16?/m0/s1. The summed E-state index contributed by atoms with van der Waals surface area (Å²) < 4.78 is 18.0. The van der Waals surface area contributed by atoms with E-state index >= 15 is 0 Å². The van der Waals surface area contributed by atoms with Gasteiger partial charge in [-0.15, -0.1) is 11.6 Å². The summed E-state index contributed by atoms with van der Waals surface area (Å²) in [6.07, 6.45) is 1.20. The van der Waals surface area contributed by atoms with Crippen molar-refractivity contribution in [3.05, 3.63) is 29.8 Å². The molecule has 9 heteroatoms. The predicted molar refractivity (Wildman–Crippen MR) is 99.9 cm³/mol. The van der Waals surface area contributed by atoms with Gasteiger partial charge in [-0.1, -0.05) is 0 Å². The van der Waals surface area contributed by atoms with Crippen LogP contribution in [0.1, 0.15) is 51.8 Å². The molecule has 0 bridgehead atoms. The first-order valence-corrected chi connectivity index (χ1v) is 9.27. The van der Waals surface area contributed by atoms with Crippen molar-refractivity contribution in [1.29, 1.82) is 0 Å². The zero-order chi connectivity index (χ0) is 20.4. The Bertz CT molecular complexity index is 608. The van der Waals surface area contributed by atoms with Crippen LogP contribution in [0.25, 0.3) is 0 Å². The smallest absolute Gasteiger partial charge is 0.407 e. The minimum atomic E-state index is -1.17. The molecule has 1 heterocycles. The number of carbonyl (C=O) groups excluding carboxylic acids is 2. The topological polar surface area (TPSA) is 101 Å². The van der Waals surface area contributed by atoms with E-state index in [-0.39, 0.29) is 11.7 Å². The number of nitrogens with zero attached hydrogens (tertiary/aromatic N) is 1. The highest BCUT2D eigenvalue weighted by atomic mass is 35.5. The molecule has 1 rings (SSSR count). The number of hydrogen-bond acceptors (Lipinski definition) is 6. The Labute approximate surface area is 163 Å². The van der Waals surface area contributed by atoms with Crippen molar-refractivity contribution >= 4 is 23.5 Å². The Morgan fingerprint density at radius 3 is 2.59 bits per heavy atom. The van der Waals surface area contributed by atoms with Crippen molar-refractivity contribution in [2.45, 2.75) is 57.9 Å². The first-order chi connectivity index (χ1) is 12.6. The number of rotatable bonds is 10. The van der Waals surface area contributed by atoms with Gasteiger partial charge < -0.3 is 15.2 Å². The van der Waals surface area contributed by atoms with Crippen LogP contribution < -0.4 is 10.6 Å². The van der Waals surface area contributed by atoms with Crippen molar-refractivity contribution in [2.75, 3.05) is 12.4 Å². The van der Waals surface area contributed by atoms with Gasteiger partial charge in [0.05, 0.1) is 11.9 Å². The molecule has 1 aromatic rings. The maximum absolute atomic E-state index is 12.9. The monoisotopic (exact) mass is 403 g/mol. The number of unbranched alkanes of at least 4 members (excludes halogenated alkanes) is 1. The lowest BCUT2D eigenvalue weighted by atomic mass is 10.1. The highest BCUT2D eigenvalue weighted by molar-refractivity contribution is 6.28. The number of ketones is 1. The minimum Gasteiger partial charge on any atom is -0.444 e. The highest BCUT2D eigenvalue weighted by Crippen LogP contribution is 2.13. The SMILES string of the molecule is CC(C)(C)OC(=O)NCCCC[C@H](NC(O)c1ccc(F)nc1)C(=O)CCl. The number of pyridine rings is 1. The molecular formula is C18H27ClFN3O4. The van der Waals surface area contributed by atoms with Crippen LogP contribution in [-0.2, 0) is 9.53 Å². The molecule has 0 fully saturated rings. The molecule has 0 aromatic carbocycles. The van der Waals surface area contributed by atoms with Crippen molar-refractivity contribution in [2.24, 2.45) is 0 Å². The zero-order valence-corrected chi connectivity index (χ0v) is 16.6. The molecule has 2 atom stereocenters. The van der Waals surface area contributed by atoms with E-state index in [0.717, 1.165) is 6.07 Å². The first-order valence-electron chi connectivity index (χ1n) is 8.73. The Kier molecular flexibility index (Phi) is 9.62. The molecule has 0 saturated heterocycles. The van der Waals surface area contributed by atoms with Crippen LogP contribution in [0.2, 0.25) is 0 Å². The minimum absolute atomic E-state index is 0.192. The number of aromatic nitrogens is 1. The van der Waals surface area contributed by atoms with Gasteiger partial charge in [0.25, 0.3) is 0 Å². The van der Waals surface area contributed by atoms with Crippen LogP contribution >= 0.6 is 11.6 Å². The number of alkyl carbamates (subject to hydrolysis) is 1. The Hall–Kier alpha value is -1.77. The maximum Gasteiger partial charge on any atom is 0.407 e. The summed E-state index contributed by atoms with van der Waals surface area (Å²) in [6.45, 7) is 5.74. The number of aliphatic hydroxyl groups excluding tert-OH is 1. The third-order valence-electron chi connectivity index (χ3n) is 3.53. The van der Waals surface area contributed by atoms with Crippen LogP contribution in [0.4, 0.5) is 9.18 Å². The Morgan fingerprint density at radius 2 is 2.04 bits per heavy atom. The lowest BCUT2D eigenvalue weighted by Crippen LogP contribution is -2.40. The van der Waals surface area contributed by atoms with E-state index in [4.69, 9.17) is 16.3 Å². The van der Waals surface area contributed by atoms with Gasteiger partial charge in [-0.2, -0.15) is 4.39 Å². The van der Waals surface area contributed by atoms with Gasteiger partial charge in [0.15, 0.2) is 5.78 Å². The van der Waals surface area contributed by atoms with Crippen LogP contribution in [-0.4, -0.2) is 46.0 Å². The van der Waals surface area contributed by atoms with E-state index in [1.165, 1.54) is 12.3 Å². The van der Waals surface area contributed by atoms with E-state index in [1.54, 1.807) is 20.8 Å². The number of carbonyl (C=O) groups is 2. The average molecular weight is 404 g/mol. The normalized spacial score (nSPS) is 13.7. The van der Waals surface area contributed by atoms with E-state index in [0.29, 0.717) is 31.4 Å². The van der Waals surface area contributed by atoms with Crippen LogP contribution in [0, 0.1) is 5.95 Å². The quantitative estimate of drug-likeness (QED) is 0.240. The number of Topliss-reactive ketones (excluding diaryl/α,β-unsaturated/α-hetero) is 1. The van der Waals surface area contributed by atoms with Crippen molar-refractivity contribution < 1.29 is 23.8 Å². The summed E-state index contributed by atoms with van der Waals surface area (Å²) in [4.78, 5) is 27.0. The summed E-state index contributed by atoms with van der Waals surface area (Å²) >= 11 is 5.63. The first kappa shape index (κ1) is 23.3. The number of hydrogen-bond donors (Lipinski definition) is 3. The van der Waals surface area contributed by atoms with Gasteiger partial charge in [0.1, 0.15) is 11.8 Å². The van der Waals surface area contributed by atoms with E-state index in [2.05, 4.69) is 15.6 Å². The lowest BCUT2D eigenvalue weighted by molar-refractivity contribution is -0.119. The lowest BCUT2D eigenvalue weighted by Gasteiger charge is -2.21. The van der Waals surface area contributed by atoms with Gasteiger partial charge in [-0.3, -0.25) is 10.1 Å². The second-order valence-corrected chi connectivity index (χ2v) is 7.33. The molecule has 27 heavy (non-hydrogen) atoms. The van der Waals surface area contributed by atoms with Gasteiger partial charge in [0, 0.05) is 18.3 Å². The number of amides is 1. The number of ether oxygens (including phenoxy) is 1. The predicted octanol–water partition coefficient (Wildman–Crippen LogP) is 2.67. The Balaban J connectivity index is 2.43. The van der Waals surface area contributed by atoms with Crippen LogP contribution in [0.15, 0.2) is 18.3 Å². The molecular weight excluding hydrogens is 377 g/mol. The molecule has 0 aliphatic rings. The van der Waals surface area contributed by atoms with Crippen LogP contribution in [0.3, 0.4) is 0 Å². The molecule has 1 aromatic heterocycles. The number of nitrogens with one attached hydrogen (secondary N) is 2. The zero-order valence-electron chi connectivity index (χ0n) is 15.8. The van der Waals surface area contributed by atoms with Gasteiger partial charge in [-0.05, 0) is 52.2 Å². The fourth-order valence-corrected chi connectivity index (χ4v) is 2.43. The largest absolute Gasteiger partial charge is 0.444 e. The van der Waals surface area contributed by atoms with Crippen molar-refractivity contribution in [3.63, 3.8) is 0 Å². The van der Waals surface area contributed by atoms with E-state index < -0.39 is 29.9 Å². The number of aliphatic hydroxyl groups is 1. The van der Waals surface area contributed by atoms with Gasteiger partial charge in [0.2, 0.25) is 5.95 Å². The highest BCUT2D eigenvalue weighted by Gasteiger charge is 2.21. The Morgan fingerprint density at radius 1 is 1.33 bits per heavy atom. The summed E-state index contributed by atoms with van der Waals surface area (Å²) in [6, 6.07) is 1.84. The molecule has 3 N–H and O–H groups in total. The molecule has 0 saturated carbocycles. The second kappa shape index (κ2) is 11.2. The molecule has 0 aliphatic heterocycles. The molecule has 0 spiro atoms. The van der Waals surface area contributed by atoms with Gasteiger partial charge in [-0.25, -0.2) is 9.78 Å². The van der Waals surface area contributed by atoms with Gasteiger partial charge >= 0.3 is 6.09 Å². The molecule has 0 radical (unpaired) electrons. The summed E-state index contributed by atoms with van der Waals surface area (Å²) in [7, 11) is 0. The molecule has 0 aliphatic carbocycles. The molecule has 7 nitrogen and oxygen atoms in total. The summed E-state index contributed by atoms with van der Waals surface area (Å²) in [5.74, 6) is -1.11. The number of alkyl halides is 1. The third kappa shape index (κ3) is 9.65.